The van der Waals surface area contributed by atoms with Gasteiger partial charge < -0.3 is 24.1 Å². The molecule has 1 N–H and O–H groups in total. The van der Waals surface area contributed by atoms with Gasteiger partial charge in [0.1, 0.15) is 18.2 Å². The highest BCUT2D eigenvalue weighted by atomic mass is 31.0. The average Bonchev–Trinajstić information content (AvgIpc) is 3.28. The third-order valence-electron chi connectivity index (χ3n) is 6.11. The highest BCUT2D eigenvalue weighted by Gasteiger charge is 2.35. The van der Waals surface area contributed by atoms with E-state index in [2.05, 4.69) is 32.4 Å². The molecule has 1 saturated heterocycles. The van der Waals surface area contributed by atoms with Crippen molar-refractivity contribution in [3.63, 3.8) is 0 Å². The standard InChI is InChI=1S/C28H34FN4O3P/c1-20-17-32(19-30-20)25-11-8-21(15-26(25)35-3)14-22-16-28(2,37)18-33(27(22)31-36-13-12-34)24-7-5-4-6-23(29)9-10-24/h5,7-11,14-15,17,19,34H,4,6,12-13,16,18,37H2,1-3H3/b7-5-,22-14+,23-9+,24-10+,31-27-. The number of ether oxygens (including phenoxy) is 1. The summed E-state index contributed by atoms with van der Waals surface area (Å²) >= 11 is 0. The van der Waals surface area contributed by atoms with Crippen LogP contribution in [0.2, 0.25) is 0 Å². The van der Waals surface area contributed by atoms with Crippen LogP contribution in [0.25, 0.3) is 11.8 Å². The lowest BCUT2D eigenvalue weighted by atomic mass is 9.91. The van der Waals surface area contributed by atoms with Crippen LogP contribution in [0, 0.1) is 6.92 Å². The maximum atomic E-state index is 14.1. The topological polar surface area (TPSA) is 72.1 Å². The average molecular weight is 525 g/mol. The number of aromatic nitrogens is 2. The Morgan fingerprint density at radius 2 is 2.16 bits per heavy atom. The van der Waals surface area contributed by atoms with Gasteiger partial charge in [-0.1, -0.05) is 24.2 Å². The Kier molecular flexibility index (Phi) is 8.62. The minimum atomic E-state index is -0.167. The highest BCUT2D eigenvalue weighted by molar-refractivity contribution is 7.19. The molecule has 2 heterocycles. The van der Waals surface area contributed by atoms with E-state index in [1.54, 1.807) is 19.5 Å². The number of aliphatic hydroxyl groups excluding tert-OH is 1. The van der Waals surface area contributed by atoms with Gasteiger partial charge in [0.15, 0.2) is 5.84 Å². The zero-order valence-electron chi connectivity index (χ0n) is 21.5. The number of halogens is 1. The number of hydrogen-bond donors (Lipinski definition) is 1. The molecule has 0 amide bonds. The predicted molar refractivity (Wildman–Crippen MR) is 148 cm³/mol. The van der Waals surface area contributed by atoms with Crippen molar-refractivity contribution in [3.05, 3.63) is 83.4 Å². The van der Waals surface area contributed by atoms with Crippen molar-refractivity contribution in [1.29, 1.82) is 0 Å². The molecule has 2 aromatic rings. The van der Waals surface area contributed by atoms with E-state index in [0.29, 0.717) is 31.0 Å². The summed E-state index contributed by atoms with van der Waals surface area (Å²) in [6.45, 7) is 4.70. The number of piperidine rings is 1. The fourth-order valence-electron chi connectivity index (χ4n) is 4.44. The lowest BCUT2D eigenvalue weighted by Crippen LogP contribution is -2.46. The number of benzene rings is 1. The molecule has 2 atom stereocenters. The number of oxime groups is 1. The molecule has 0 radical (unpaired) electrons. The number of methoxy groups -OCH3 is 1. The number of hydrogen-bond acceptors (Lipinski definition) is 5. The molecule has 4 rings (SSSR count). The first-order valence-corrected chi connectivity index (χ1v) is 12.9. The molecule has 196 valence electrons. The second-order valence-electron chi connectivity index (χ2n) is 9.56. The van der Waals surface area contributed by atoms with Crippen LogP contribution >= 0.6 is 9.24 Å². The molecule has 1 aromatic heterocycles. The summed E-state index contributed by atoms with van der Waals surface area (Å²) in [5.74, 6) is 1.19. The van der Waals surface area contributed by atoms with Gasteiger partial charge in [0, 0.05) is 30.0 Å². The van der Waals surface area contributed by atoms with E-state index < -0.39 is 0 Å². The molecule has 9 heteroatoms. The number of allylic oxidation sites excluding steroid dienone is 5. The van der Waals surface area contributed by atoms with Crippen molar-refractivity contribution in [2.45, 2.75) is 38.3 Å². The summed E-state index contributed by atoms with van der Waals surface area (Å²) in [7, 11) is 4.60. The van der Waals surface area contributed by atoms with Gasteiger partial charge in [-0.3, -0.25) is 0 Å². The van der Waals surface area contributed by atoms with Gasteiger partial charge in [0.25, 0.3) is 0 Å². The highest BCUT2D eigenvalue weighted by Crippen LogP contribution is 2.38. The van der Waals surface area contributed by atoms with Gasteiger partial charge in [0.2, 0.25) is 0 Å². The van der Waals surface area contributed by atoms with Crippen molar-refractivity contribution in [2.24, 2.45) is 5.16 Å². The lowest BCUT2D eigenvalue weighted by molar-refractivity contribution is 0.0956. The van der Waals surface area contributed by atoms with Crippen LogP contribution in [0.5, 0.6) is 5.75 Å². The summed E-state index contributed by atoms with van der Waals surface area (Å²) in [5, 5.41) is 13.5. The monoisotopic (exact) mass is 524 g/mol. The SMILES string of the molecule is COc1cc(/C=C2\CC(C)(P)CN(C3=C/C=C(/F)CC/C=C\3)\C2=N/OCCO)ccc1-n1cnc(C)c1. The molecular formula is C28H34FN4O3P. The first-order chi connectivity index (χ1) is 17.8. The summed E-state index contributed by atoms with van der Waals surface area (Å²) in [4.78, 5) is 11.8. The number of nitrogens with zero attached hydrogens (tertiary/aromatic N) is 4. The predicted octanol–water partition coefficient (Wildman–Crippen LogP) is 5.32. The fourth-order valence-corrected chi connectivity index (χ4v) is 4.84. The Morgan fingerprint density at radius 3 is 2.89 bits per heavy atom. The van der Waals surface area contributed by atoms with Crippen molar-refractivity contribution in [2.75, 3.05) is 26.9 Å². The largest absolute Gasteiger partial charge is 0.495 e. The van der Waals surface area contributed by atoms with E-state index >= 15 is 0 Å². The normalized spacial score (nSPS) is 26.2. The summed E-state index contributed by atoms with van der Waals surface area (Å²) in [5.41, 5.74) is 4.54. The van der Waals surface area contributed by atoms with Crippen LogP contribution in [0.3, 0.4) is 0 Å². The lowest BCUT2D eigenvalue weighted by Gasteiger charge is -2.41. The van der Waals surface area contributed by atoms with Crippen molar-refractivity contribution in [3.8, 4) is 11.4 Å². The smallest absolute Gasteiger partial charge is 0.175 e. The van der Waals surface area contributed by atoms with E-state index in [1.165, 1.54) is 6.08 Å². The number of imidazole rings is 1. The van der Waals surface area contributed by atoms with Gasteiger partial charge >= 0.3 is 0 Å². The Balaban J connectivity index is 1.77. The molecule has 0 spiro atoms. The van der Waals surface area contributed by atoms with Gasteiger partial charge in [-0.15, -0.1) is 9.24 Å². The number of amidine groups is 1. The molecule has 1 aliphatic heterocycles. The van der Waals surface area contributed by atoms with Gasteiger partial charge in [0.05, 0.1) is 31.4 Å². The van der Waals surface area contributed by atoms with Crippen molar-refractivity contribution < 1.29 is 19.1 Å². The van der Waals surface area contributed by atoms with Gasteiger partial charge in [-0.25, -0.2) is 9.37 Å². The van der Waals surface area contributed by atoms with E-state index in [0.717, 1.165) is 34.6 Å². The van der Waals surface area contributed by atoms with Crippen molar-refractivity contribution in [1.82, 2.24) is 14.5 Å². The molecule has 37 heavy (non-hydrogen) atoms. The maximum absolute atomic E-state index is 14.1. The minimum absolute atomic E-state index is 0.0824. The quantitative estimate of drug-likeness (QED) is 0.302. The number of rotatable bonds is 7. The van der Waals surface area contributed by atoms with Crippen LogP contribution < -0.4 is 4.74 Å². The van der Waals surface area contributed by atoms with Crippen LogP contribution in [0.15, 0.2) is 77.3 Å². The Bertz CT molecular complexity index is 1280. The third-order valence-corrected chi connectivity index (χ3v) is 6.50. The molecule has 0 saturated carbocycles. The minimum Gasteiger partial charge on any atom is -0.495 e. The van der Waals surface area contributed by atoms with Gasteiger partial charge in [-0.2, -0.15) is 0 Å². The van der Waals surface area contributed by atoms with E-state index in [4.69, 9.17) is 9.57 Å². The van der Waals surface area contributed by atoms with Crippen LogP contribution in [0.1, 0.15) is 37.4 Å². The zero-order valence-corrected chi connectivity index (χ0v) is 22.7. The molecule has 1 fully saturated rings. The van der Waals surface area contributed by atoms with Crippen LogP contribution in [-0.2, 0) is 4.84 Å². The Labute approximate surface area is 219 Å². The van der Waals surface area contributed by atoms with E-state index in [9.17, 15) is 9.50 Å². The molecular weight excluding hydrogens is 490 g/mol. The molecule has 2 unspecified atom stereocenters. The van der Waals surface area contributed by atoms with Crippen LogP contribution in [0.4, 0.5) is 4.39 Å². The summed E-state index contributed by atoms with van der Waals surface area (Å²) in [6, 6.07) is 6.01. The summed E-state index contributed by atoms with van der Waals surface area (Å²) in [6.07, 6.45) is 14.8. The van der Waals surface area contributed by atoms with E-state index in [-0.39, 0.29) is 24.2 Å². The molecule has 1 aromatic carbocycles. The number of aliphatic hydroxyl groups is 1. The maximum Gasteiger partial charge on any atom is 0.175 e. The fraction of sp³-hybridized carbons (Fsp3) is 0.357. The second kappa shape index (κ2) is 11.9. The number of aryl methyl sites for hydroxylation is 1. The van der Waals surface area contributed by atoms with Crippen molar-refractivity contribution >= 4 is 21.2 Å². The Morgan fingerprint density at radius 1 is 1.32 bits per heavy atom. The first-order valence-electron chi connectivity index (χ1n) is 12.3. The summed E-state index contributed by atoms with van der Waals surface area (Å²) < 4.78 is 21.7. The molecule has 1 aliphatic carbocycles. The molecule has 7 nitrogen and oxygen atoms in total. The van der Waals surface area contributed by atoms with Crippen LogP contribution in [-0.4, -0.2) is 57.4 Å². The number of likely N-dealkylation sites (tertiary alicyclic amines) is 1. The van der Waals surface area contributed by atoms with Gasteiger partial charge in [-0.05, 0) is 67.3 Å². The van der Waals surface area contributed by atoms with E-state index in [1.807, 2.05) is 52.9 Å². The Hall–Kier alpha value is -3.22. The molecule has 2 aliphatic rings. The molecule has 0 bridgehead atoms. The second-order valence-corrected chi connectivity index (χ2v) is 11.0. The zero-order chi connectivity index (χ0) is 26.4. The third kappa shape index (κ3) is 6.76. The first kappa shape index (κ1) is 26.8.